The second-order valence-electron chi connectivity index (χ2n) is 3.66. The van der Waals surface area contributed by atoms with E-state index in [2.05, 4.69) is 11.4 Å². The SMILES string of the molecule is Cc1cccc(Cl)c1NCc1ccc(C#N)s1. The lowest BCUT2D eigenvalue weighted by Crippen LogP contribution is -1.99. The van der Waals surface area contributed by atoms with Crippen LogP contribution in [0.15, 0.2) is 30.3 Å². The summed E-state index contributed by atoms with van der Waals surface area (Å²) in [4.78, 5) is 1.86. The van der Waals surface area contributed by atoms with Gasteiger partial charge in [0.2, 0.25) is 0 Å². The lowest BCUT2D eigenvalue weighted by molar-refractivity contribution is 1.18. The summed E-state index contributed by atoms with van der Waals surface area (Å²) in [6.07, 6.45) is 0. The topological polar surface area (TPSA) is 35.8 Å². The molecule has 4 heteroatoms. The Bertz CT molecular complexity index is 549. The van der Waals surface area contributed by atoms with Crippen molar-refractivity contribution in [1.29, 1.82) is 5.26 Å². The Hall–Kier alpha value is -1.50. The molecule has 0 atom stereocenters. The minimum absolute atomic E-state index is 0.691. The zero-order valence-electron chi connectivity index (χ0n) is 9.33. The van der Waals surface area contributed by atoms with Crippen LogP contribution in [0.4, 0.5) is 5.69 Å². The van der Waals surface area contributed by atoms with E-state index in [0.717, 1.165) is 26.0 Å². The molecule has 0 amide bonds. The van der Waals surface area contributed by atoms with Gasteiger partial charge in [0.05, 0.1) is 10.7 Å². The summed E-state index contributed by atoms with van der Waals surface area (Å²) in [6, 6.07) is 11.7. The molecule has 0 aliphatic heterocycles. The monoisotopic (exact) mass is 262 g/mol. The Morgan fingerprint density at radius 2 is 2.18 bits per heavy atom. The fourth-order valence-electron chi connectivity index (χ4n) is 1.56. The smallest absolute Gasteiger partial charge is 0.110 e. The van der Waals surface area contributed by atoms with E-state index >= 15 is 0 Å². The van der Waals surface area contributed by atoms with Crippen LogP contribution in [-0.2, 0) is 6.54 Å². The van der Waals surface area contributed by atoms with Gasteiger partial charge in [0.1, 0.15) is 10.9 Å². The molecule has 17 heavy (non-hydrogen) atoms. The summed E-state index contributed by atoms with van der Waals surface area (Å²) in [5, 5.41) is 12.8. The summed E-state index contributed by atoms with van der Waals surface area (Å²) in [6.45, 7) is 2.71. The number of aryl methyl sites for hydroxylation is 1. The molecule has 0 radical (unpaired) electrons. The molecule has 0 aliphatic carbocycles. The highest BCUT2D eigenvalue weighted by molar-refractivity contribution is 7.12. The van der Waals surface area contributed by atoms with Crippen LogP contribution in [0, 0.1) is 18.3 Å². The number of hydrogen-bond acceptors (Lipinski definition) is 3. The van der Waals surface area contributed by atoms with Crippen LogP contribution in [0.2, 0.25) is 5.02 Å². The molecule has 86 valence electrons. The number of thiophene rings is 1. The normalized spacial score (nSPS) is 9.94. The van der Waals surface area contributed by atoms with Gasteiger partial charge in [-0.3, -0.25) is 0 Å². The van der Waals surface area contributed by atoms with Crippen LogP contribution in [0.1, 0.15) is 15.3 Å². The standard InChI is InChI=1S/C13H11ClN2S/c1-9-3-2-4-12(14)13(9)16-8-11-6-5-10(7-15)17-11/h2-6,16H,8H2,1H3. The Morgan fingerprint density at radius 3 is 2.82 bits per heavy atom. The second kappa shape index (κ2) is 5.22. The number of hydrogen-bond donors (Lipinski definition) is 1. The Kier molecular flexibility index (Phi) is 3.68. The van der Waals surface area contributed by atoms with Crippen LogP contribution in [-0.4, -0.2) is 0 Å². The van der Waals surface area contributed by atoms with Crippen LogP contribution in [0.25, 0.3) is 0 Å². The highest BCUT2D eigenvalue weighted by Crippen LogP contribution is 2.26. The summed E-state index contributed by atoms with van der Waals surface area (Å²) in [5.41, 5.74) is 2.08. The zero-order valence-corrected chi connectivity index (χ0v) is 10.9. The third kappa shape index (κ3) is 2.79. The molecule has 1 N–H and O–H groups in total. The number of nitrogens with zero attached hydrogens (tertiary/aromatic N) is 1. The van der Waals surface area contributed by atoms with Crippen molar-refractivity contribution >= 4 is 28.6 Å². The molecule has 2 nitrogen and oxygen atoms in total. The molecule has 1 aromatic carbocycles. The predicted octanol–water partition coefficient (Wildman–Crippen LogP) is 4.19. The first kappa shape index (κ1) is 12.0. The van der Waals surface area contributed by atoms with E-state index in [1.165, 1.54) is 11.3 Å². The summed E-state index contributed by atoms with van der Waals surface area (Å²) >= 11 is 7.61. The summed E-state index contributed by atoms with van der Waals surface area (Å²) in [5.74, 6) is 0. The highest BCUT2D eigenvalue weighted by Gasteiger charge is 2.04. The molecule has 0 unspecified atom stereocenters. The molecule has 2 aromatic rings. The molecule has 0 fully saturated rings. The highest BCUT2D eigenvalue weighted by atomic mass is 35.5. The molecule has 1 heterocycles. The number of anilines is 1. The quantitative estimate of drug-likeness (QED) is 0.900. The number of rotatable bonds is 3. The molecule has 0 aliphatic rings. The van der Waals surface area contributed by atoms with Gasteiger partial charge in [-0.15, -0.1) is 11.3 Å². The van der Waals surface area contributed by atoms with Crippen LogP contribution >= 0.6 is 22.9 Å². The Balaban J connectivity index is 2.10. The van der Waals surface area contributed by atoms with Crippen molar-refractivity contribution in [2.45, 2.75) is 13.5 Å². The van der Waals surface area contributed by atoms with Crippen LogP contribution in [0.3, 0.4) is 0 Å². The first-order chi connectivity index (χ1) is 8.20. The van der Waals surface area contributed by atoms with Crippen molar-refractivity contribution in [3.05, 3.63) is 50.7 Å². The van der Waals surface area contributed by atoms with E-state index in [4.69, 9.17) is 16.9 Å². The van der Waals surface area contributed by atoms with E-state index in [1.807, 2.05) is 37.3 Å². The molecule has 0 bridgehead atoms. The van der Waals surface area contributed by atoms with Gasteiger partial charge >= 0.3 is 0 Å². The van der Waals surface area contributed by atoms with E-state index in [-0.39, 0.29) is 0 Å². The maximum Gasteiger partial charge on any atom is 0.110 e. The maximum atomic E-state index is 8.74. The largest absolute Gasteiger partial charge is 0.379 e. The Labute approximate surface area is 109 Å². The van der Waals surface area contributed by atoms with Crippen molar-refractivity contribution in [3.8, 4) is 6.07 Å². The first-order valence-corrected chi connectivity index (χ1v) is 6.38. The fraction of sp³-hybridized carbons (Fsp3) is 0.154. The average Bonchev–Trinajstić information content (AvgIpc) is 2.76. The summed E-state index contributed by atoms with van der Waals surface area (Å²) < 4.78 is 0. The van der Waals surface area contributed by atoms with Gasteiger partial charge < -0.3 is 5.32 Å². The van der Waals surface area contributed by atoms with Crippen LogP contribution in [0.5, 0.6) is 0 Å². The molecule has 0 saturated carbocycles. The lowest BCUT2D eigenvalue weighted by atomic mass is 10.2. The lowest BCUT2D eigenvalue weighted by Gasteiger charge is -2.10. The Morgan fingerprint density at radius 1 is 1.35 bits per heavy atom. The van der Waals surface area contributed by atoms with Crippen molar-refractivity contribution in [3.63, 3.8) is 0 Å². The third-order valence-corrected chi connectivity index (χ3v) is 3.74. The van der Waals surface area contributed by atoms with E-state index in [1.54, 1.807) is 0 Å². The van der Waals surface area contributed by atoms with Crippen molar-refractivity contribution < 1.29 is 0 Å². The number of benzene rings is 1. The van der Waals surface area contributed by atoms with Gasteiger partial charge in [0.25, 0.3) is 0 Å². The average molecular weight is 263 g/mol. The zero-order chi connectivity index (χ0) is 12.3. The van der Waals surface area contributed by atoms with Gasteiger partial charge in [-0.05, 0) is 30.7 Å². The molecule has 2 rings (SSSR count). The van der Waals surface area contributed by atoms with Crippen molar-refractivity contribution in [2.75, 3.05) is 5.32 Å². The molecular weight excluding hydrogens is 252 g/mol. The predicted molar refractivity (Wildman–Crippen MR) is 72.5 cm³/mol. The maximum absolute atomic E-state index is 8.74. The number of halogens is 1. The fourth-order valence-corrected chi connectivity index (χ4v) is 2.60. The van der Waals surface area contributed by atoms with Crippen molar-refractivity contribution in [2.24, 2.45) is 0 Å². The van der Waals surface area contributed by atoms with E-state index < -0.39 is 0 Å². The molecule has 1 aromatic heterocycles. The molecule has 0 spiro atoms. The van der Waals surface area contributed by atoms with Gasteiger partial charge in [0, 0.05) is 11.4 Å². The number of nitrogens with one attached hydrogen (secondary N) is 1. The molecule has 0 saturated heterocycles. The first-order valence-electron chi connectivity index (χ1n) is 5.18. The minimum atomic E-state index is 0.691. The van der Waals surface area contributed by atoms with Gasteiger partial charge in [0.15, 0.2) is 0 Å². The van der Waals surface area contributed by atoms with Gasteiger partial charge in [-0.1, -0.05) is 23.7 Å². The van der Waals surface area contributed by atoms with E-state index in [0.29, 0.717) is 6.54 Å². The molecular formula is C13H11ClN2S. The van der Waals surface area contributed by atoms with E-state index in [9.17, 15) is 0 Å². The third-order valence-electron chi connectivity index (χ3n) is 2.43. The van der Waals surface area contributed by atoms with Crippen molar-refractivity contribution in [1.82, 2.24) is 0 Å². The number of para-hydroxylation sites is 1. The second-order valence-corrected chi connectivity index (χ2v) is 5.24. The number of nitriles is 1. The van der Waals surface area contributed by atoms with Crippen LogP contribution < -0.4 is 5.32 Å². The minimum Gasteiger partial charge on any atom is -0.379 e. The van der Waals surface area contributed by atoms with Gasteiger partial charge in [-0.25, -0.2) is 0 Å². The summed E-state index contributed by atoms with van der Waals surface area (Å²) in [7, 11) is 0. The van der Waals surface area contributed by atoms with Gasteiger partial charge in [-0.2, -0.15) is 5.26 Å².